The maximum Gasteiger partial charge on any atom is 0.315 e. The lowest BCUT2D eigenvalue weighted by Gasteiger charge is -2.12. The molecule has 0 unspecified atom stereocenters. The minimum Gasteiger partial charge on any atom is -0.675 e. The highest BCUT2D eigenvalue weighted by molar-refractivity contribution is 5.31. The highest BCUT2D eigenvalue weighted by Gasteiger charge is 2.09. The van der Waals surface area contributed by atoms with Gasteiger partial charge in [-0.05, 0) is 0 Å². The molecule has 7 heteroatoms. The lowest BCUT2D eigenvalue weighted by Crippen LogP contribution is -2.62. The molecule has 72 valence electrons. The van der Waals surface area contributed by atoms with Gasteiger partial charge in [0.15, 0.2) is 0 Å². The molecule has 4 N–H and O–H groups in total. The van der Waals surface area contributed by atoms with Gasteiger partial charge in [0.25, 0.3) is 0 Å². The average molecular weight is 186 g/mol. The van der Waals surface area contributed by atoms with Crippen LogP contribution < -0.4 is 20.7 Å². The van der Waals surface area contributed by atoms with Crippen molar-refractivity contribution < 1.29 is 14.8 Å². The largest absolute Gasteiger partial charge is 0.675 e. The molecule has 0 bridgehead atoms. The molecule has 0 saturated heterocycles. The summed E-state index contributed by atoms with van der Waals surface area (Å²) in [5, 5.41) is 32.9. The van der Waals surface area contributed by atoms with Crippen molar-refractivity contribution in [1.82, 2.24) is 0 Å². The number of hydrogen-bond acceptors (Lipinski definition) is 5. The first-order valence-corrected chi connectivity index (χ1v) is 3.63. The molecule has 0 saturated carbocycles. The molecule has 0 spiro atoms. The van der Waals surface area contributed by atoms with Crippen LogP contribution in [-0.4, -0.2) is 18.3 Å². The first-order valence-electron chi connectivity index (χ1n) is 3.63. The number of aliphatic hydroxyl groups excluding tert-OH is 1. The molecule has 1 heterocycles. The molecule has 0 aromatic carbocycles. The van der Waals surface area contributed by atoms with Gasteiger partial charge in [0.2, 0.25) is 0 Å². The molecule has 0 aliphatic rings. The number of nitrogens with two attached hydrogens (primary N) is 1. The average Bonchev–Trinajstić information content (AvgIpc) is 2.13. The zero-order valence-corrected chi connectivity index (χ0v) is 6.80. The van der Waals surface area contributed by atoms with Crippen molar-refractivity contribution in [2.24, 2.45) is 0 Å². The minimum absolute atomic E-state index is 0.0136. The van der Waals surface area contributed by atoms with Crippen molar-refractivity contribution in [1.29, 1.82) is 0 Å². The van der Waals surface area contributed by atoms with E-state index in [-0.39, 0.29) is 34.5 Å². The summed E-state index contributed by atoms with van der Waals surface area (Å²) in [6, 6.07) is 2.67. The number of nitrogens with one attached hydrogen (secondary N) is 1. The van der Waals surface area contributed by atoms with Crippen LogP contribution in [0.15, 0.2) is 12.1 Å². The number of hydrogen-bond donors (Lipinski definition) is 3. The fourth-order valence-electron chi connectivity index (χ4n) is 0.805. The number of rotatable bonds is 3. The van der Waals surface area contributed by atoms with Gasteiger partial charge >= 0.3 is 11.6 Å². The Labute approximate surface area is 74.2 Å². The van der Waals surface area contributed by atoms with Crippen molar-refractivity contribution in [3.05, 3.63) is 22.5 Å². The Kier molecular flexibility index (Phi) is 2.70. The van der Waals surface area contributed by atoms with Gasteiger partial charge in [-0.3, -0.25) is 11.1 Å². The standard InChI is InChI=1S/C6H10N4O3/c7-5-1-2-6(8-3-4-11)10(13)9(5)12/h1-2,8,11H,3-4,7H2. The molecule has 0 aliphatic carbocycles. The van der Waals surface area contributed by atoms with Crippen LogP contribution in [0.2, 0.25) is 0 Å². The van der Waals surface area contributed by atoms with Crippen molar-refractivity contribution in [3.63, 3.8) is 0 Å². The fourth-order valence-corrected chi connectivity index (χ4v) is 0.805. The second-order valence-corrected chi connectivity index (χ2v) is 2.34. The summed E-state index contributed by atoms with van der Waals surface area (Å²) in [5.41, 5.74) is 5.17. The van der Waals surface area contributed by atoms with Gasteiger partial charge in [-0.1, -0.05) is 9.69 Å². The van der Waals surface area contributed by atoms with Crippen LogP contribution in [0.25, 0.3) is 0 Å². The summed E-state index contributed by atoms with van der Waals surface area (Å²) in [5.74, 6) is -0.122. The van der Waals surface area contributed by atoms with E-state index in [1.807, 2.05) is 0 Å². The monoisotopic (exact) mass is 186 g/mol. The van der Waals surface area contributed by atoms with Crippen LogP contribution in [0.4, 0.5) is 11.6 Å². The van der Waals surface area contributed by atoms with Crippen LogP contribution in [0.1, 0.15) is 0 Å². The first-order chi connectivity index (χ1) is 6.16. The zero-order chi connectivity index (χ0) is 9.84. The molecule has 13 heavy (non-hydrogen) atoms. The van der Waals surface area contributed by atoms with Crippen molar-refractivity contribution >= 4 is 11.6 Å². The number of aromatic nitrogens is 2. The topological polar surface area (TPSA) is 112 Å². The van der Waals surface area contributed by atoms with Crippen LogP contribution >= 0.6 is 0 Å². The molecular weight excluding hydrogens is 176 g/mol. The summed E-state index contributed by atoms with van der Waals surface area (Å²) in [6.45, 7) is 0.0788. The Morgan fingerprint density at radius 3 is 2.69 bits per heavy atom. The van der Waals surface area contributed by atoms with E-state index in [0.717, 1.165) is 0 Å². The van der Waals surface area contributed by atoms with E-state index >= 15 is 0 Å². The molecule has 1 aromatic heterocycles. The third kappa shape index (κ3) is 1.88. The van der Waals surface area contributed by atoms with Gasteiger partial charge in [-0.2, -0.15) is 0 Å². The SMILES string of the molecule is Nc1ccc(NCCO)[n+]([O-])[n+]1[O-]. The predicted octanol–water partition coefficient (Wildman–Crippen LogP) is -2.06. The molecule has 0 aliphatic heterocycles. The number of nitrogen functional groups attached to an aromatic ring is 1. The van der Waals surface area contributed by atoms with Crippen molar-refractivity contribution in [3.8, 4) is 0 Å². The van der Waals surface area contributed by atoms with E-state index in [2.05, 4.69) is 5.32 Å². The highest BCUT2D eigenvalue weighted by atomic mass is 16.6. The highest BCUT2D eigenvalue weighted by Crippen LogP contribution is 1.97. The Bertz CT molecular complexity index is 304. The minimum atomic E-state index is -0.176. The van der Waals surface area contributed by atoms with Crippen molar-refractivity contribution in [2.75, 3.05) is 24.2 Å². The molecule has 0 amide bonds. The Morgan fingerprint density at radius 2 is 2.08 bits per heavy atom. The third-order valence-electron chi connectivity index (χ3n) is 1.42. The Morgan fingerprint density at radius 1 is 1.38 bits per heavy atom. The molecule has 0 atom stereocenters. The summed E-state index contributed by atoms with van der Waals surface area (Å²) < 4.78 is 0. The van der Waals surface area contributed by atoms with Gasteiger partial charge in [-0.15, -0.1) is 0 Å². The lowest BCUT2D eigenvalue weighted by atomic mass is 10.5. The van der Waals surface area contributed by atoms with Gasteiger partial charge in [0.05, 0.1) is 6.61 Å². The van der Waals surface area contributed by atoms with E-state index in [1.54, 1.807) is 0 Å². The van der Waals surface area contributed by atoms with E-state index in [1.165, 1.54) is 12.1 Å². The van der Waals surface area contributed by atoms with Gasteiger partial charge in [0.1, 0.15) is 6.54 Å². The van der Waals surface area contributed by atoms with Crippen LogP contribution in [-0.2, 0) is 0 Å². The van der Waals surface area contributed by atoms with Crippen LogP contribution in [0, 0.1) is 10.4 Å². The maximum absolute atomic E-state index is 11.0. The van der Waals surface area contributed by atoms with E-state index in [9.17, 15) is 10.4 Å². The van der Waals surface area contributed by atoms with Gasteiger partial charge < -0.3 is 15.5 Å². The molecule has 1 rings (SSSR count). The third-order valence-corrected chi connectivity index (χ3v) is 1.42. The summed E-state index contributed by atoms with van der Waals surface area (Å²) >= 11 is 0. The molecule has 7 nitrogen and oxygen atoms in total. The second kappa shape index (κ2) is 3.76. The normalized spacial score (nSPS) is 9.92. The number of nitrogens with zero attached hydrogens (tertiary/aromatic N) is 2. The van der Waals surface area contributed by atoms with Gasteiger partial charge in [0, 0.05) is 12.1 Å². The van der Waals surface area contributed by atoms with Crippen LogP contribution in [0.3, 0.4) is 0 Å². The Balaban J connectivity index is 2.90. The van der Waals surface area contributed by atoms with Crippen LogP contribution in [0.5, 0.6) is 0 Å². The second-order valence-electron chi connectivity index (χ2n) is 2.34. The van der Waals surface area contributed by atoms with Gasteiger partial charge in [-0.25, -0.2) is 0 Å². The summed E-state index contributed by atoms with van der Waals surface area (Å²) in [4.78, 5) is 0.0880. The number of aliphatic hydroxyl groups is 1. The number of anilines is 2. The van der Waals surface area contributed by atoms with E-state index in [0.29, 0.717) is 0 Å². The molecule has 0 fully saturated rings. The maximum atomic E-state index is 11.0. The predicted molar refractivity (Wildman–Crippen MR) is 44.3 cm³/mol. The molecular formula is C6H10N4O3. The van der Waals surface area contributed by atoms with Crippen molar-refractivity contribution in [2.45, 2.75) is 0 Å². The van der Waals surface area contributed by atoms with E-state index in [4.69, 9.17) is 10.8 Å². The summed E-state index contributed by atoms with van der Waals surface area (Å²) in [7, 11) is 0. The molecule has 0 radical (unpaired) electrons. The first kappa shape index (κ1) is 9.33. The summed E-state index contributed by atoms with van der Waals surface area (Å²) in [6.07, 6.45) is 0. The quantitative estimate of drug-likeness (QED) is 0.371. The van der Waals surface area contributed by atoms with E-state index < -0.39 is 0 Å². The zero-order valence-electron chi connectivity index (χ0n) is 6.80. The fraction of sp³-hybridized carbons (Fsp3) is 0.333. The smallest absolute Gasteiger partial charge is 0.315 e. The lowest BCUT2D eigenvalue weighted by molar-refractivity contribution is -1.17. The molecule has 1 aromatic rings. The Hall–Kier alpha value is -1.76.